The molecule has 3 nitrogen and oxygen atoms in total. The summed E-state index contributed by atoms with van der Waals surface area (Å²) in [6.07, 6.45) is 0. The summed E-state index contributed by atoms with van der Waals surface area (Å²) in [5.74, 6) is 0.240. The molecule has 0 aliphatic carbocycles. The number of carbonyl (C=O) groups is 1. The first-order chi connectivity index (χ1) is 5.95. The van der Waals surface area contributed by atoms with E-state index in [0.29, 0.717) is 19.0 Å². The minimum atomic E-state index is -0.169. The van der Waals surface area contributed by atoms with Crippen LogP contribution in [0.15, 0.2) is 0 Å². The number of esters is 1. The van der Waals surface area contributed by atoms with Gasteiger partial charge in [0.2, 0.25) is 0 Å². The normalized spacial score (nSPS) is 11.4. The Morgan fingerprint density at radius 1 is 1.31 bits per heavy atom. The molecule has 0 fully saturated rings. The van der Waals surface area contributed by atoms with Gasteiger partial charge in [0.15, 0.2) is 0 Å². The highest BCUT2D eigenvalue weighted by Gasteiger charge is 2.13. The number of methoxy groups -OCH3 is 1. The second-order valence-corrected chi connectivity index (χ2v) is 5.42. The van der Waals surface area contributed by atoms with Crippen LogP contribution in [0.2, 0.25) is 0 Å². The van der Waals surface area contributed by atoms with Crippen molar-refractivity contribution >= 4 is 17.7 Å². The average Bonchev–Trinajstić information content (AvgIpc) is 2.00. The van der Waals surface area contributed by atoms with Crippen LogP contribution < -0.4 is 0 Å². The standard InChI is InChI=1S/C9H18O3S/c1-9(2,3)13-7-8(10)12-6-5-11-4/h5-7H2,1-4H3. The third-order valence-electron chi connectivity index (χ3n) is 1.17. The maximum atomic E-state index is 11.1. The zero-order chi connectivity index (χ0) is 10.3. The maximum Gasteiger partial charge on any atom is 0.315 e. The van der Waals surface area contributed by atoms with Crippen molar-refractivity contribution in [3.05, 3.63) is 0 Å². The molecule has 0 atom stereocenters. The van der Waals surface area contributed by atoms with Crippen LogP contribution in [0.1, 0.15) is 20.8 Å². The van der Waals surface area contributed by atoms with Crippen molar-refractivity contribution in [3.63, 3.8) is 0 Å². The van der Waals surface area contributed by atoms with Crippen molar-refractivity contribution in [1.29, 1.82) is 0 Å². The van der Waals surface area contributed by atoms with Gasteiger partial charge in [0.1, 0.15) is 6.61 Å². The van der Waals surface area contributed by atoms with E-state index < -0.39 is 0 Å². The van der Waals surface area contributed by atoms with Gasteiger partial charge >= 0.3 is 5.97 Å². The lowest BCUT2D eigenvalue weighted by molar-refractivity contribution is -0.141. The summed E-state index contributed by atoms with van der Waals surface area (Å²) in [7, 11) is 1.58. The number of hydrogen-bond donors (Lipinski definition) is 0. The molecule has 0 bridgehead atoms. The Kier molecular flexibility index (Phi) is 6.16. The van der Waals surface area contributed by atoms with Gasteiger partial charge in [-0.15, -0.1) is 11.8 Å². The van der Waals surface area contributed by atoms with Crippen LogP contribution in [-0.4, -0.2) is 36.8 Å². The number of carbonyl (C=O) groups excluding carboxylic acids is 1. The summed E-state index contributed by atoms with van der Waals surface area (Å²) in [5, 5.41) is 0. The van der Waals surface area contributed by atoms with E-state index in [-0.39, 0.29) is 10.7 Å². The third kappa shape index (κ3) is 9.70. The average molecular weight is 206 g/mol. The molecular formula is C9H18O3S. The largest absolute Gasteiger partial charge is 0.463 e. The van der Waals surface area contributed by atoms with Gasteiger partial charge in [0.05, 0.1) is 12.4 Å². The van der Waals surface area contributed by atoms with E-state index in [2.05, 4.69) is 20.8 Å². The SMILES string of the molecule is COCCOC(=O)CSC(C)(C)C. The van der Waals surface area contributed by atoms with E-state index in [1.54, 1.807) is 18.9 Å². The van der Waals surface area contributed by atoms with Crippen molar-refractivity contribution in [2.24, 2.45) is 0 Å². The van der Waals surface area contributed by atoms with Crippen molar-refractivity contribution < 1.29 is 14.3 Å². The highest BCUT2D eigenvalue weighted by molar-refractivity contribution is 8.01. The lowest BCUT2D eigenvalue weighted by atomic mass is 10.3. The third-order valence-corrected chi connectivity index (χ3v) is 2.42. The zero-order valence-electron chi connectivity index (χ0n) is 8.75. The van der Waals surface area contributed by atoms with Gasteiger partial charge in [0, 0.05) is 11.9 Å². The molecule has 0 rings (SSSR count). The fourth-order valence-corrected chi connectivity index (χ4v) is 1.19. The van der Waals surface area contributed by atoms with Crippen LogP contribution in [0.25, 0.3) is 0 Å². The minimum absolute atomic E-state index is 0.111. The summed E-state index contributed by atoms with van der Waals surface area (Å²) in [5.41, 5.74) is 0. The summed E-state index contributed by atoms with van der Waals surface area (Å²) >= 11 is 1.58. The molecule has 0 aromatic carbocycles. The molecule has 0 saturated heterocycles. The lowest BCUT2D eigenvalue weighted by Crippen LogP contribution is -2.16. The molecular weight excluding hydrogens is 188 g/mol. The molecule has 0 aliphatic heterocycles. The molecule has 0 unspecified atom stereocenters. The zero-order valence-corrected chi connectivity index (χ0v) is 9.57. The van der Waals surface area contributed by atoms with Crippen LogP contribution in [0.4, 0.5) is 0 Å². The van der Waals surface area contributed by atoms with Gasteiger partial charge < -0.3 is 9.47 Å². The Balaban J connectivity index is 3.41. The van der Waals surface area contributed by atoms with Gasteiger partial charge in [-0.1, -0.05) is 20.8 Å². The van der Waals surface area contributed by atoms with Crippen molar-refractivity contribution in [1.82, 2.24) is 0 Å². The lowest BCUT2D eigenvalue weighted by Gasteiger charge is -2.16. The number of rotatable bonds is 5. The monoisotopic (exact) mass is 206 g/mol. The Morgan fingerprint density at radius 2 is 1.92 bits per heavy atom. The van der Waals surface area contributed by atoms with Crippen molar-refractivity contribution in [3.8, 4) is 0 Å². The van der Waals surface area contributed by atoms with E-state index in [4.69, 9.17) is 9.47 Å². The van der Waals surface area contributed by atoms with E-state index in [0.717, 1.165) is 0 Å². The predicted octanol–water partition coefficient (Wildman–Crippen LogP) is 1.71. The Bertz CT molecular complexity index is 151. The highest BCUT2D eigenvalue weighted by atomic mass is 32.2. The van der Waals surface area contributed by atoms with E-state index in [1.807, 2.05) is 0 Å². The van der Waals surface area contributed by atoms with E-state index >= 15 is 0 Å². The summed E-state index contributed by atoms with van der Waals surface area (Å²) in [4.78, 5) is 11.1. The number of hydrogen-bond acceptors (Lipinski definition) is 4. The molecule has 0 heterocycles. The second kappa shape index (κ2) is 6.27. The maximum absolute atomic E-state index is 11.1. The molecule has 0 aromatic heterocycles. The van der Waals surface area contributed by atoms with Gasteiger partial charge in [-0.25, -0.2) is 0 Å². The predicted molar refractivity (Wildman–Crippen MR) is 55.0 cm³/mol. The molecule has 0 N–H and O–H groups in total. The van der Waals surface area contributed by atoms with Gasteiger partial charge in [-0.3, -0.25) is 4.79 Å². The second-order valence-electron chi connectivity index (χ2n) is 3.61. The van der Waals surface area contributed by atoms with Gasteiger partial charge in [-0.05, 0) is 0 Å². The van der Waals surface area contributed by atoms with Crippen LogP contribution in [0, 0.1) is 0 Å². The number of thioether (sulfide) groups is 1. The fourth-order valence-electron chi connectivity index (χ4n) is 0.556. The molecule has 0 aromatic rings. The van der Waals surface area contributed by atoms with Gasteiger partial charge in [0.25, 0.3) is 0 Å². The molecule has 13 heavy (non-hydrogen) atoms. The van der Waals surface area contributed by atoms with E-state index in [9.17, 15) is 4.79 Å². The molecule has 4 heteroatoms. The number of ether oxygens (including phenoxy) is 2. The van der Waals surface area contributed by atoms with Crippen LogP contribution in [0.5, 0.6) is 0 Å². The molecule has 0 spiro atoms. The Labute approximate surface area is 84.2 Å². The quantitative estimate of drug-likeness (QED) is 0.507. The highest BCUT2D eigenvalue weighted by Crippen LogP contribution is 2.22. The first-order valence-corrected chi connectivity index (χ1v) is 5.23. The summed E-state index contributed by atoms with van der Waals surface area (Å²) in [6.45, 7) is 7.02. The molecule has 0 radical (unpaired) electrons. The summed E-state index contributed by atoms with van der Waals surface area (Å²) < 4.78 is 9.76. The topological polar surface area (TPSA) is 35.5 Å². The Morgan fingerprint density at radius 3 is 2.38 bits per heavy atom. The molecule has 0 amide bonds. The Hall–Kier alpha value is -0.220. The fraction of sp³-hybridized carbons (Fsp3) is 0.889. The van der Waals surface area contributed by atoms with Crippen LogP contribution in [0.3, 0.4) is 0 Å². The van der Waals surface area contributed by atoms with Gasteiger partial charge in [-0.2, -0.15) is 0 Å². The molecule has 78 valence electrons. The van der Waals surface area contributed by atoms with E-state index in [1.165, 1.54) is 0 Å². The summed E-state index contributed by atoms with van der Waals surface area (Å²) in [6, 6.07) is 0. The minimum Gasteiger partial charge on any atom is -0.463 e. The molecule has 0 aliphatic rings. The van der Waals surface area contributed by atoms with Crippen LogP contribution >= 0.6 is 11.8 Å². The molecule has 0 saturated carbocycles. The first-order valence-electron chi connectivity index (χ1n) is 4.24. The van der Waals surface area contributed by atoms with Crippen molar-refractivity contribution in [2.75, 3.05) is 26.1 Å². The smallest absolute Gasteiger partial charge is 0.315 e. The van der Waals surface area contributed by atoms with Crippen molar-refractivity contribution in [2.45, 2.75) is 25.5 Å². The first kappa shape index (κ1) is 12.8. The van der Waals surface area contributed by atoms with Crippen LogP contribution in [-0.2, 0) is 14.3 Å².